The quantitative estimate of drug-likeness (QED) is 0.542. The first kappa shape index (κ1) is 20.6. The summed E-state index contributed by atoms with van der Waals surface area (Å²) in [6.07, 6.45) is 2.25. The molecule has 2 atom stereocenters. The second-order valence-electron chi connectivity index (χ2n) is 8.68. The van der Waals surface area contributed by atoms with Crippen LogP contribution in [0.4, 0.5) is 0 Å². The molecule has 0 spiro atoms. The second kappa shape index (κ2) is 8.01. The Labute approximate surface area is 188 Å². The molecule has 6 nitrogen and oxygen atoms in total. The highest BCUT2D eigenvalue weighted by Gasteiger charge is 2.30. The summed E-state index contributed by atoms with van der Waals surface area (Å²) in [4.78, 5) is 11.7. The van der Waals surface area contributed by atoms with Gasteiger partial charge in [0.05, 0.1) is 25.8 Å². The molecule has 1 aliphatic heterocycles. The van der Waals surface area contributed by atoms with E-state index in [1.54, 1.807) is 0 Å². The van der Waals surface area contributed by atoms with E-state index in [0.29, 0.717) is 13.0 Å². The Bertz CT molecular complexity index is 1200. The van der Waals surface area contributed by atoms with Crippen LogP contribution in [0.5, 0.6) is 11.5 Å². The number of ether oxygens (including phenoxy) is 3. The van der Waals surface area contributed by atoms with Gasteiger partial charge in [0, 0.05) is 35.9 Å². The summed E-state index contributed by atoms with van der Waals surface area (Å²) in [6, 6.07) is 12.4. The van der Waals surface area contributed by atoms with E-state index < -0.39 is 0 Å². The van der Waals surface area contributed by atoms with Crippen LogP contribution < -0.4 is 9.47 Å². The minimum Gasteiger partial charge on any atom is -0.492 e. The van der Waals surface area contributed by atoms with E-state index in [1.807, 2.05) is 29.9 Å². The molecular formula is C26H28N2O4. The van der Waals surface area contributed by atoms with E-state index in [9.17, 15) is 4.79 Å². The second-order valence-corrected chi connectivity index (χ2v) is 8.68. The van der Waals surface area contributed by atoms with Crippen molar-refractivity contribution in [3.05, 3.63) is 64.5 Å². The Balaban J connectivity index is 1.39. The maximum absolute atomic E-state index is 11.7. The van der Waals surface area contributed by atoms with Crippen LogP contribution in [0.15, 0.2) is 36.4 Å². The lowest BCUT2D eigenvalue weighted by Gasteiger charge is -2.17. The molecule has 2 aliphatic rings. The fourth-order valence-corrected chi connectivity index (χ4v) is 5.08. The minimum atomic E-state index is -0.218. The molecule has 3 aromatic rings. The maximum Gasteiger partial charge on any atom is 0.306 e. The van der Waals surface area contributed by atoms with Gasteiger partial charge in [-0.25, -0.2) is 0 Å². The summed E-state index contributed by atoms with van der Waals surface area (Å²) in [5.74, 6) is 1.40. The van der Waals surface area contributed by atoms with Crippen molar-refractivity contribution in [2.24, 2.45) is 7.05 Å². The Morgan fingerprint density at radius 1 is 1.22 bits per heavy atom. The largest absolute Gasteiger partial charge is 0.492 e. The van der Waals surface area contributed by atoms with Gasteiger partial charge >= 0.3 is 5.97 Å². The van der Waals surface area contributed by atoms with Gasteiger partial charge in [-0.05, 0) is 49.4 Å². The van der Waals surface area contributed by atoms with Crippen LogP contribution in [-0.2, 0) is 23.0 Å². The van der Waals surface area contributed by atoms with Crippen molar-refractivity contribution in [2.45, 2.75) is 45.1 Å². The standard InChI is InChI=1S/C26H28N2O4/c1-15-26(16(2)28(3)27-15)22-7-5-6-21-20(22)10-11-23(21)32-18-8-9-19-17(12-25(29)30-4)14-31-24(19)13-18/h5-9,13,17,23H,10-12,14H2,1-4H3/t17?,23-/m1/s1. The third-order valence-corrected chi connectivity index (χ3v) is 6.78. The number of carbonyl (C=O) groups excluding carboxylic acids is 1. The normalized spacial score (nSPS) is 18.8. The topological polar surface area (TPSA) is 62.6 Å². The van der Waals surface area contributed by atoms with Gasteiger partial charge in [-0.1, -0.05) is 24.3 Å². The van der Waals surface area contributed by atoms with Gasteiger partial charge in [0.2, 0.25) is 0 Å². The zero-order chi connectivity index (χ0) is 22.4. The number of benzene rings is 2. The first-order valence-corrected chi connectivity index (χ1v) is 11.1. The summed E-state index contributed by atoms with van der Waals surface area (Å²) in [6.45, 7) is 4.69. The predicted octanol–water partition coefficient (Wildman–Crippen LogP) is 4.81. The number of carbonyl (C=O) groups is 1. The van der Waals surface area contributed by atoms with Crippen molar-refractivity contribution in [1.82, 2.24) is 9.78 Å². The molecule has 1 unspecified atom stereocenters. The lowest BCUT2D eigenvalue weighted by molar-refractivity contribution is -0.141. The smallest absolute Gasteiger partial charge is 0.306 e. The van der Waals surface area contributed by atoms with Gasteiger partial charge in [0.15, 0.2) is 0 Å². The van der Waals surface area contributed by atoms with Crippen molar-refractivity contribution in [3.8, 4) is 22.6 Å². The summed E-state index contributed by atoms with van der Waals surface area (Å²) >= 11 is 0. The van der Waals surface area contributed by atoms with Crippen LogP contribution in [-0.4, -0.2) is 29.5 Å². The highest BCUT2D eigenvalue weighted by atomic mass is 16.5. The van der Waals surface area contributed by atoms with Crippen molar-refractivity contribution >= 4 is 5.97 Å². The molecule has 0 N–H and O–H groups in total. The van der Waals surface area contributed by atoms with E-state index in [0.717, 1.165) is 35.6 Å². The number of nitrogens with zero attached hydrogens (tertiary/aromatic N) is 2. The van der Waals surface area contributed by atoms with Gasteiger partial charge in [-0.3, -0.25) is 9.48 Å². The van der Waals surface area contributed by atoms with Crippen LogP contribution in [0.25, 0.3) is 11.1 Å². The van der Waals surface area contributed by atoms with Crippen LogP contribution in [0.2, 0.25) is 0 Å². The molecule has 0 saturated carbocycles. The average Bonchev–Trinajstić information content (AvgIpc) is 3.44. The lowest BCUT2D eigenvalue weighted by Crippen LogP contribution is -2.09. The molecule has 2 aromatic carbocycles. The first-order valence-electron chi connectivity index (χ1n) is 11.1. The molecule has 6 heteroatoms. The number of rotatable bonds is 5. The fraction of sp³-hybridized carbons (Fsp3) is 0.385. The Hall–Kier alpha value is -3.28. The average molecular weight is 433 g/mol. The molecule has 1 aromatic heterocycles. The van der Waals surface area contributed by atoms with E-state index in [4.69, 9.17) is 14.2 Å². The third-order valence-electron chi connectivity index (χ3n) is 6.78. The molecule has 32 heavy (non-hydrogen) atoms. The van der Waals surface area contributed by atoms with Crippen LogP contribution >= 0.6 is 0 Å². The van der Waals surface area contributed by atoms with Gasteiger partial charge < -0.3 is 14.2 Å². The van der Waals surface area contributed by atoms with E-state index in [1.165, 1.54) is 35.1 Å². The molecule has 0 saturated heterocycles. The van der Waals surface area contributed by atoms with Crippen molar-refractivity contribution in [2.75, 3.05) is 13.7 Å². The molecular weight excluding hydrogens is 404 g/mol. The molecule has 5 rings (SSSR count). The number of hydrogen-bond donors (Lipinski definition) is 0. The molecule has 0 amide bonds. The zero-order valence-electron chi connectivity index (χ0n) is 19.0. The van der Waals surface area contributed by atoms with E-state index >= 15 is 0 Å². The number of fused-ring (bicyclic) bond motifs is 2. The molecule has 0 radical (unpaired) electrons. The summed E-state index contributed by atoms with van der Waals surface area (Å²) in [5.41, 5.74) is 8.37. The fourth-order valence-electron chi connectivity index (χ4n) is 5.08. The number of aryl methyl sites for hydroxylation is 2. The summed E-state index contributed by atoms with van der Waals surface area (Å²) in [5, 5.41) is 4.60. The predicted molar refractivity (Wildman–Crippen MR) is 121 cm³/mol. The van der Waals surface area contributed by atoms with Crippen LogP contribution in [0, 0.1) is 13.8 Å². The molecule has 0 fully saturated rings. The van der Waals surface area contributed by atoms with Gasteiger partial charge in [-0.2, -0.15) is 5.10 Å². The number of esters is 1. The Morgan fingerprint density at radius 3 is 2.81 bits per heavy atom. The van der Waals surface area contributed by atoms with Crippen LogP contribution in [0.3, 0.4) is 0 Å². The minimum absolute atomic E-state index is 0.00699. The molecule has 2 heterocycles. The monoisotopic (exact) mass is 432 g/mol. The van der Waals surface area contributed by atoms with Gasteiger partial charge in [0.1, 0.15) is 17.6 Å². The first-order chi connectivity index (χ1) is 15.5. The van der Waals surface area contributed by atoms with Gasteiger partial charge in [0.25, 0.3) is 0 Å². The highest BCUT2D eigenvalue weighted by Crippen LogP contribution is 2.43. The summed E-state index contributed by atoms with van der Waals surface area (Å²) < 4.78 is 19.0. The zero-order valence-corrected chi connectivity index (χ0v) is 19.0. The molecule has 166 valence electrons. The summed E-state index contributed by atoms with van der Waals surface area (Å²) in [7, 11) is 3.41. The SMILES string of the molecule is COC(=O)CC1COc2cc(O[C@@H]3CCc4c(-c5c(C)nn(C)c5C)cccc43)ccc21. The van der Waals surface area contributed by atoms with E-state index in [-0.39, 0.29) is 18.0 Å². The molecule has 0 bridgehead atoms. The number of methoxy groups -OCH3 is 1. The number of hydrogen-bond acceptors (Lipinski definition) is 5. The van der Waals surface area contributed by atoms with Crippen molar-refractivity contribution in [3.63, 3.8) is 0 Å². The molecule has 1 aliphatic carbocycles. The Morgan fingerprint density at radius 2 is 2.06 bits per heavy atom. The van der Waals surface area contributed by atoms with Crippen molar-refractivity contribution < 1.29 is 19.0 Å². The highest BCUT2D eigenvalue weighted by molar-refractivity contribution is 5.74. The Kier molecular flexibility index (Phi) is 5.16. The van der Waals surface area contributed by atoms with Gasteiger partial charge in [-0.15, -0.1) is 0 Å². The third kappa shape index (κ3) is 3.44. The van der Waals surface area contributed by atoms with Crippen LogP contribution in [0.1, 0.15) is 52.9 Å². The number of aromatic nitrogens is 2. The lowest BCUT2D eigenvalue weighted by atomic mass is 9.95. The van der Waals surface area contributed by atoms with E-state index in [2.05, 4.69) is 37.1 Å². The van der Waals surface area contributed by atoms with Crippen molar-refractivity contribution in [1.29, 1.82) is 0 Å². The maximum atomic E-state index is 11.7.